The number of nitrogens with one attached hydrogen (secondary N) is 1. The molecule has 2 heterocycles. The fourth-order valence-corrected chi connectivity index (χ4v) is 3.39. The van der Waals surface area contributed by atoms with Gasteiger partial charge in [-0.25, -0.2) is 4.39 Å². The molecule has 1 aromatic heterocycles. The van der Waals surface area contributed by atoms with E-state index in [1.54, 1.807) is 18.2 Å². The zero-order valence-electron chi connectivity index (χ0n) is 13.2. The van der Waals surface area contributed by atoms with E-state index in [-0.39, 0.29) is 29.3 Å². The fourth-order valence-electron chi connectivity index (χ4n) is 2.23. The second-order valence-electron chi connectivity index (χ2n) is 5.21. The van der Waals surface area contributed by atoms with Crippen molar-refractivity contribution in [3.8, 4) is 0 Å². The van der Waals surface area contributed by atoms with E-state index < -0.39 is 22.9 Å². The van der Waals surface area contributed by atoms with Crippen LogP contribution in [0.4, 0.5) is 9.18 Å². The molecule has 6 nitrogen and oxygen atoms in total. The lowest BCUT2D eigenvalue weighted by atomic mass is 10.2. The highest BCUT2D eigenvalue weighted by Crippen LogP contribution is 2.32. The van der Waals surface area contributed by atoms with Gasteiger partial charge in [-0.3, -0.25) is 19.3 Å². The van der Waals surface area contributed by atoms with Crippen LogP contribution in [0.2, 0.25) is 0 Å². The Hall–Kier alpha value is -2.39. The second-order valence-corrected chi connectivity index (χ2v) is 6.99. The maximum atomic E-state index is 13.7. The topological polar surface area (TPSA) is 79.6 Å². The van der Waals surface area contributed by atoms with Crippen LogP contribution in [0.15, 0.2) is 50.4 Å². The van der Waals surface area contributed by atoms with Gasteiger partial charge < -0.3 is 9.73 Å². The molecule has 26 heavy (non-hydrogen) atoms. The molecular weight excluding hydrogens is 427 g/mol. The molecule has 0 saturated carbocycles. The van der Waals surface area contributed by atoms with E-state index in [2.05, 4.69) is 21.2 Å². The largest absolute Gasteiger partial charge is 0.444 e. The number of nitrogens with zero attached hydrogens (tertiary/aromatic N) is 1. The van der Waals surface area contributed by atoms with Crippen LogP contribution in [0.3, 0.4) is 0 Å². The Morgan fingerprint density at radius 1 is 1.27 bits per heavy atom. The average Bonchev–Trinajstić information content (AvgIpc) is 3.15. The highest BCUT2D eigenvalue weighted by Gasteiger charge is 2.34. The van der Waals surface area contributed by atoms with Crippen LogP contribution in [0.1, 0.15) is 16.1 Å². The molecule has 9 heteroatoms. The molecule has 1 N–H and O–H groups in total. The number of carbonyl (C=O) groups is 3. The zero-order valence-corrected chi connectivity index (χ0v) is 15.6. The Bertz CT molecular complexity index is 912. The van der Waals surface area contributed by atoms with E-state index in [0.29, 0.717) is 4.67 Å². The molecule has 134 valence electrons. The minimum absolute atomic E-state index is 0.00684. The van der Waals surface area contributed by atoms with Gasteiger partial charge in [0.25, 0.3) is 17.1 Å². The van der Waals surface area contributed by atoms with E-state index in [1.807, 2.05) is 0 Å². The first-order valence-electron chi connectivity index (χ1n) is 7.49. The summed E-state index contributed by atoms with van der Waals surface area (Å²) in [7, 11) is 0. The third kappa shape index (κ3) is 4.05. The van der Waals surface area contributed by atoms with Crippen LogP contribution < -0.4 is 5.32 Å². The van der Waals surface area contributed by atoms with E-state index in [9.17, 15) is 18.8 Å². The number of amides is 3. The van der Waals surface area contributed by atoms with Crippen LogP contribution in [-0.2, 0) is 4.79 Å². The Labute approximate surface area is 160 Å². The number of rotatable bonds is 5. The van der Waals surface area contributed by atoms with Crippen molar-refractivity contribution in [3.05, 3.63) is 63.1 Å². The molecule has 0 radical (unpaired) electrons. The lowest BCUT2D eigenvalue weighted by molar-refractivity contribution is -0.122. The Kier molecular flexibility index (Phi) is 5.58. The minimum Gasteiger partial charge on any atom is -0.444 e. The molecule has 1 aliphatic heterocycles. The number of hydrogen-bond acceptors (Lipinski definition) is 5. The summed E-state index contributed by atoms with van der Waals surface area (Å²) in [5.41, 5.74) is 0.231. The Morgan fingerprint density at radius 3 is 2.73 bits per heavy atom. The Balaban J connectivity index is 1.61. The van der Waals surface area contributed by atoms with Crippen molar-refractivity contribution < 1.29 is 23.2 Å². The first kappa shape index (κ1) is 18.4. The van der Waals surface area contributed by atoms with E-state index in [0.717, 1.165) is 16.7 Å². The van der Waals surface area contributed by atoms with Crippen molar-refractivity contribution in [2.24, 2.45) is 0 Å². The van der Waals surface area contributed by atoms with Crippen LogP contribution in [-0.4, -0.2) is 35.0 Å². The van der Waals surface area contributed by atoms with E-state index in [4.69, 9.17) is 4.42 Å². The molecule has 1 fully saturated rings. The van der Waals surface area contributed by atoms with Gasteiger partial charge in [0.15, 0.2) is 10.4 Å². The first-order chi connectivity index (χ1) is 12.5. The summed E-state index contributed by atoms with van der Waals surface area (Å²) in [5.74, 6) is -1.33. The van der Waals surface area contributed by atoms with Crippen molar-refractivity contribution in [2.75, 3.05) is 13.1 Å². The zero-order chi connectivity index (χ0) is 18.7. The standard InChI is InChI=1S/C17H12BrFN2O4S/c18-14-6-5-12(25-14)15(22)20-7-8-21-16(23)13(26-17(21)24)9-10-3-1-2-4-11(10)19/h1-6,9H,7-8H2,(H,20,22). The van der Waals surface area contributed by atoms with Gasteiger partial charge in [-0.05, 0) is 52.0 Å². The summed E-state index contributed by atoms with van der Waals surface area (Å²) < 4.78 is 19.2. The monoisotopic (exact) mass is 438 g/mol. The summed E-state index contributed by atoms with van der Waals surface area (Å²) >= 11 is 3.84. The number of benzene rings is 1. The molecule has 1 saturated heterocycles. The summed E-state index contributed by atoms with van der Waals surface area (Å²) in [6.07, 6.45) is 1.35. The Morgan fingerprint density at radius 2 is 2.04 bits per heavy atom. The van der Waals surface area contributed by atoms with Gasteiger partial charge in [0, 0.05) is 18.7 Å². The van der Waals surface area contributed by atoms with E-state index in [1.165, 1.54) is 24.3 Å². The van der Waals surface area contributed by atoms with Gasteiger partial charge in [-0.1, -0.05) is 18.2 Å². The molecule has 1 aliphatic rings. The highest BCUT2D eigenvalue weighted by molar-refractivity contribution is 9.10. The number of carbonyl (C=O) groups excluding carboxylic acids is 3. The molecule has 0 spiro atoms. The summed E-state index contributed by atoms with van der Waals surface area (Å²) in [5, 5.41) is 2.10. The van der Waals surface area contributed by atoms with Crippen molar-refractivity contribution >= 4 is 50.8 Å². The maximum absolute atomic E-state index is 13.7. The van der Waals surface area contributed by atoms with Crippen molar-refractivity contribution in [1.82, 2.24) is 10.2 Å². The maximum Gasteiger partial charge on any atom is 0.293 e. The van der Waals surface area contributed by atoms with Crippen molar-refractivity contribution in [2.45, 2.75) is 0 Å². The first-order valence-corrected chi connectivity index (χ1v) is 9.10. The SMILES string of the molecule is O=C(NCCN1C(=O)SC(=Cc2ccccc2F)C1=O)c1ccc(Br)o1. The number of thioether (sulfide) groups is 1. The van der Waals surface area contributed by atoms with Gasteiger partial charge >= 0.3 is 0 Å². The predicted molar refractivity (Wildman–Crippen MR) is 97.8 cm³/mol. The van der Waals surface area contributed by atoms with Crippen molar-refractivity contribution in [3.63, 3.8) is 0 Å². The molecule has 3 amide bonds. The fraction of sp³-hybridized carbons (Fsp3) is 0.118. The van der Waals surface area contributed by atoms with Gasteiger partial charge in [0.1, 0.15) is 5.82 Å². The van der Waals surface area contributed by atoms with Crippen LogP contribution in [0.5, 0.6) is 0 Å². The summed E-state index contributed by atoms with van der Waals surface area (Å²) in [4.78, 5) is 37.4. The third-order valence-electron chi connectivity index (χ3n) is 3.48. The predicted octanol–water partition coefficient (Wildman–Crippen LogP) is 3.65. The molecular formula is C17H12BrFN2O4S. The van der Waals surface area contributed by atoms with Crippen molar-refractivity contribution in [1.29, 1.82) is 0 Å². The lowest BCUT2D eigenvalue weighted by Gasteiger charge is -2.12. The van der Waals surface area contributed by atoms with E-state index >= 15 is 0 Å². The number of halogens is 2. The van der Waals surface area contributed by atoms with Gasteiger partial charge in [0.05, 0.1) is 4.91 Å². The summed E-state index contributed by atoms with van der Waals surface area (Å²) in [6, 6.07) is 9.06. The van der Waals surface area contributed by atoms with Gasteiger partial charge in [-0.2, -0.15) is 0 Å². The normalized spacial score (nSPS) is 15.8. The molecule has 3 rings (SSSR count). The molecule has 0 atom stereocenters. The molecule has 0 unspecified atom stereocenters. The lowest BCUT2D eigenvalue weighted by Crippen LogP contribution is -2.37. The smallest absolute Gasteiger partial charge is 0.293 e. The quantitative estimate of drug-likeness (QED) is 0.720. The highest BCUT2D eigenvalue weighted by atomic mass is 79.9. The average molecular weight is 439 g/mol. The molecule has 0 aliphatic carbocycles. The van der Waals surface area contributed by atoms with Crippen LogP contribution in [0, 0.1) is 5.82 Å². The van der Waals surface area contributed by atoms with Crippen LogP contribution >= 0.6 is 27.7 Å². The second kappa shape index (κ2) is 7.88. The molecule has 0 bridgehead atoms. The van der Waals surface area contributed by atoms with Crippen LogP contribution in [0.25, 0.3) is 6.08 Å². The third-order valence-corrected chi connectivity index (χ3v) is 4.82. The summed E-state index contributed by atoms with van der Waals surface area (Å²) in [6.45, 7) is 0.0784. The number of imide groups is 1. The van der Waals surface area contributed by atoms with Gasteiger partial charge in [-0.15, -0.1) is 0 Å². The molecule has 2 aromatic rings. The minimum atomic E-state index is -0.516. The van der Waals surface area contributed by atoms with Gasteiger partial charge in [0.2, 0.25) is 0 Å². The number of furan rings is 1. The molecule has 1 aromatic carbocycles. The number of hydrogen-bond donors (Lipinski definition) is 1.